The Morgan fingerprint density at radius 1 is 0.970 bits per heavy atom. The molecule has 2 aliphatic rings. The third-order valence-corrected chi connectivity index (χ3v) is 7.40. The van der Waals surface area contributed by atoms with Crippen LogP contribution >= 0.6 is 31.9 Å². The SMILES string of the molecule is CN1Cc2c(Br)cc3c([nH]c(=O)c(=O)n3O)c2C1.Cc1c([N+](=O)[O-])cc(Br)c2c1CN(C)C2. The number of nitro benzene ring substituents is 1. The maximum absolute atomic E-state index is 11.4. The number of aromatic nitrogens is 2. The molecule has 33 heavy (non-hydrogen) atoms. The molecule has 2 N–H and O–H groups in total. The summed E-state index contributed by atoms with van der Waals surface area (Å²) in [6, 6.07) is 3.25. The number of rotatable bonds is 1. The van der Waals surface area contributed by atoms with Gasteiger partial charge < -0.3 is 10.2 Å². The second-order valence-electron chi connectivity index (χ2n) is 8.34. The lowest BCUT2D eigenvalue weighted by atomic mass is 10.0. The van der Waals surface area contributed by atoms with Crippen molar-refractivity contribution in [3.8, 4) is 0 Å². The van der Waals surface area contributed by atoms with Crippen LogP contribution in [0.4, 0.5) is 5.69 Å². The molecule has 0 radical (unpaired) electrons. The summed E-state index contributed by atoms with van der Waals surface area (Å²) in [5.41, 5.74) is 4.31. The fourth-order valence-electron chi connectivity index (χ4n) is 4.36. The number of fused-ring (bicyclic) bond motifs is 4. The average Bonchev–Trinajstić information content (AvgIpc) is 3.34. The molecule has 0 bridgehead atoms. The van der Waals surface area contributed by atoms with Gasteiger partial charge in [-0.05, 0) is 49.3 Å². The minimum Gasteiger partial charge on any atom is -0.425 e. The van der Waals surface area contributed by atoms with Crippen molar-refractivity contribution >= 4 is 48.6 Å². The van der Waals surface area contributed by atoms with Crippen molar-refractivity contribution in [2.75, 3.05) is 14.1 Å². The summed E-state index contributed by atoms with van der Waals surface area (Å²) in [4.78, 5) is 40.1. The predicted molar refractivity (Wildman–Crippen MR) is 130 cm³/mol. The standard InChI is InChI=1S/C11H10BrN3O3.C10H11BrN2O2/c1-14-3-5-6(4-14)9-8(2-7(5)12)15(18)11(17)10(16)13-9;1-6-7-4-12(2)5-8(7)9(11)3-10(6)13(14)15/h2,18H,3-4H2,1H3,(H,13,16);3H,4-5H2,1-2H3. The number of halogens is 2. The van der Waals surface area contributed by atoms with E-state index in [0.717, 1.165) is 50.8 Å². The molecular weight excluding hydrogens is 562 g/mol. The number of benzene rings is 2. The van der Waals surface area contributed by atoms with Gasteiger partial charge in [0.05, 0.1) is 10.4 Å². The van der Waals surface area contributed by atoms with Gasteiger partial charge in [0.1, 0.15) is 5.52 Å². The van der Waals surface area contributed by atoms with Crippen LogP contribution in [0.25, 0.3) is 11.0 Å². The third-order valence-electron chi connectivity index (χ3n) is 5.99. The Balaban J connectivity index is 0.000000160. The summed E-state index contributed by atoms with van der Waals surface area (Å²) in [6.07, 6.45) is 0. The molecule has 0 spiro atoms. The molecule has 3 heterocycles. The minimum absolute atomic E-state index is 0.205. The van der Waals surface area contributed by atoms with E-state index >= 15 is 0 Å². The van der Waals surface area contributed by atoms with Gasteiger partial charge in [-0.25, -0.2) is 0 Å². The molecule has 0 amide bonds. The first kappa shape index (κ1) is 23.6. The van der Waals surface area contributed by atoms with Crippen molar-refractivity contribution in [3.63, 3.8) is 0 Å². The second-order valence-corrected chi connectivity index (χ2v) is 10.1. The number of hydrogen-bond acceptors (Lipinski definition) is 7. The van der Waals surface area contributed by atoms with Crippen LogP contribution in [0.3, 0.4) is 0 Å². The summed E-state index contributed by atoms with van der Waals surface area (Å²) >= 11 is 6.82. The number of hydrogen-bond donors (Lipinski definition) is 2. The quantitative estimate of drug-likeness (QED) is 0.195. The molecule has 0 atom stereocenters. The lowest BCUT2D eigenvalue weighted by Crippen LogP contribution is -2.35. The van der Waals surface area contributed by atoms with E-state index in [0.29, 0.717) is 22.3 Å². The Hall–Kier alpha value is -2.54. The van der Waals surface area contributed by atoms with Crippen molar-refractivity contribution in [1.29, 1.82) is 0 Å². The second kappa shape index (κ2) is 8.67. The lowest BCUT2D eigenvalue weighted by Gasteiger charge is -2.08. The van der Waals surface area contributed by atoms with Gasteiger partial charge in [0.15, 0.2) is 0 Å². The van der Waals surface area contributed by atoms with Crippen LogP contribution in [-0.2, 0) is 26.2 Å². The predicted octanol–water partition coefficient (Wildman–Crippen LogP) is 3.25. The van der Waals surface area contributed by atoms with Gasteiger partial charge in [-0.15, -0.1) is 4.73 Å². The van der Waals surface area contributed by atoms with E-state index in [-0.39, 0.29) is 10.6 Å². The fraction of sp³-hybridized carbons (Fsp3) is 0.333. The van der Waals surface area contributed by atoms with Crippen LogP contribution < -0.4 is 11.1 Å². The highest BCUT2D eigenvalue weighted by molar-refractivity contribution is 9.10. The van der Waals surface area contributed by atoms with E-state index in [4.69, 9.17) is 0 Å². The van der Waals surface area contributed by atoms with Gasteiger partial charge in [-0.1, -0.05) is 31.9 Å². The zero-order valence-electron chi connectivity index (χ0n) is 18.1. The van der Waals surface area contributed by atoms with Crippen molar-refractivity contribution < 1.29 is 10.1 Å². The molecular formula is C21H21Br2N5O5. The average molecular weight is 583 g/mol. The molecule has 0 saturated carbocycles. The first-order valence-electron chi connectivity index (χ1n) is 10.0. The molecule has 0 unspecified atom stereocenters. The molecule has 12 heteroatoms. The van der Waals surface area contributed by atoms with E-state index in [1.807, 2.05) is 21.0 Å². The summed E-state index contributed by atoms with van der Waals surface area (Å²) in [6.45, 7) is 4.90. The zero-order valence-corrected chi connectivity index (χ0v) is 21.3. The highest BCUT2D eigenvalue weighted by atomic mass is 79.9. The van der Waals surface area contributed by atoms with E-state index < -0.39 is 11.1 Å². The van der Waals surface area contributed by atoms with Gasteiger partial charge in [0.25, 0.3) is 5.69 Å². The van der Waals surface area contributed by atoms with Crippen molar-refractivity contribution in [1.82, 2.24) is 19.5 Å². The molecule has 3 aromatic rings. The smallest absolute Gasteiger partial charge is 0.348 e. The van der Waals surface area contributed by atoms with Crippen molar-refractivity contribution in [2.45, 2.75) is 33.1 Å². The maximum atomic E-state index is 11.4. The number of aromatic amines is 1. The highest BCUT2D eigenvalue weighted by Crippen LogP contribution is 2.36. The Morgan fingerprint density at radius 2 is 1.48 bits per heavy atom. The Morgan fingerprint density at radius 3 is 2.09 bits per heavy atom. The van der Waals surface area contributed by atoms with Gasteiger partial charge in [0.2, 0.25) is 0 Å². The van der Waals surface area contributed by atoms with Crippen LogP contribution in [0.2, 0.25) is 0 Å². The number of nitrogens with one attached hydrogen (secondary N) is 1. The van der Waals surface area contributed by atoms with Crippen LogP contribution in [0.1, 0.15) is 27.8 Å². The van der Waals surface area contributed by atoms with Crippen molar-refractivity contribution in [3.05, 3.63) is 79.7 Å². The Labute approximate surface area is 204 Å². The number of nitrogens with zero attached hydrogens (tertiary/aromatic N) is 4. The van der Waals surface area contributed by atoms with E-state index in [2.05, 4.69) is 46.6 Å². The van der Waals surface area contributed by atoms with E-state index in [1.54, 1.807) is 12.1 Å². The first-order chi connectivity index (χ1) is 15.5. The van der Waals surface area contributed by atoms with Crippen LogP contribution in [0.5, 0.6) is 0 Å². The van der Waals surface area contributed by atoms with Gasteiger partial charge in [0, 0.05) is 46.8 Å². The van der Waals surface area contributed by atoms with Crippen LogP contribution in [0, 0.1) is 17.0 Å². The summed E-state index contributed by atoms with van der Waals surface area (Å²) in [7, 11) is 3.98. The van der Waals surface area contributed by atoms with Crippen LogP contribution in [-0.4, -0.2) is 43.7 Å². The van der Waals surface area contributed by atoms with Crippen LogP contribution in [0.15, 0.2) is 30.7 Å². The Kier molecular flexibility index (Phi) is 6.20. The van der Waals surface area contributed by atoms with E-state index in [1.165, 1.54) is 5.56 Å². The summed E-state index contributed by atoms with van der Waals surface area (Å²) < 4.78 is 2.07. The van der Waals surface area contributed by atoms with Gasteiger partial charge >= 0.3 is 11.1 Å². The molecule has 2 aliphatic heterocycles. The number of H-pyrrole nitrogens is 1. The maximum Gasteiger partial charge on any atom is 0.348 e. The third kappa shape index (κ3) is 4.12. The molecule has 0 saturated heterocycles. The molecule has 0 fully saturated rings. The monoisotopic (exact) mass is 581 g/mol. The van der Waals surface area contributed by atoms with E-state index in [9.17, 15) is 24.9 Å². The highest BCUT2D eigenvalue weighted by Gasteiger charge is 2.26. The number of nitro groups is 1. The topological polar surface area (TPSA) is 125 Å². The largest absolute Gasteiger partial charge is 0.425 e. The molecule has 5 rings (SSSR count). The molecule has 2 aromatic carbocycles. The lowest BCUT2D eigenvalue weighted by molar-refractivity contribution is -0.385. The van der Waals surface area contributed by atoms with Gasteiger partial charge in [-0.3, -0.25) is 29.5 Å². The normalized spacial score (nSPS) is 15.3. The zero-order chi connectivity index (χ0) is 24.2. The Bertz CT molecular complexity index is 1430. The van der Waals surface area contributed by atoms with Crippen molar-refractivity contribution in [2.24, 2.45) is 0 Å². The first-order valence-corrected chi connectivity index (χ1v) is 11.6. The summed E-state index contributed by atoms with van der Waals surface area (Å²) in [5, 5.41) is 20.5. The fourth-order valence-corrected chi connectivity index (χ4v) is 5.52. The molecule has 1 aromatic heterocycles. The molecule has 0 aliphatic carbocycles. The summed E-state index contributed by atoms with van der Waals surface area (Å²) in [5.74, 6) is 0. The molecule has 10 nitrogen and oxygen atoms in total. The van der Waals surface area contributed by atoms with Gasteiger partial charge in [-0.2, -0.15) is 0 Å². The minimum atomic E-state index is -0.972. The molecule has 174 valence electrons.